The summed E-state index contributed by atoms with van der Waals surface area (Å²) in [6.45, 7) is 4.65. The Kier molecular flexibility index (Phi) is 2.91. The lowest BCUT2D eigenvalue weighted by Gasteiger charge is -2.04. The van der Waals surface area contributed by atoms with Gasteiger partial charge in [0.2, 0.25) is 0 Å². The lowest BCUT2D eigenvalue weighted by molar-refractivity contribution is 0.785. The zero-order valence-electron chi connectivity index (χ0n) is 10.6. The van der Waals surface area contributed by atoms with Gasteiger partial charge in [-0.25, -0.2) is 19.9 Å². The normalized spacial score (nSPS) is 11.1. The molecule has 3 aromatic rings. The molecule has 0 saturated carbocycles. The van der Waals surface area contributed by atoms with E-state index in [1.165, 1.54) is 0 Å². The van der Waals surface area contributed by atoms with E-state index in [4.69, 9.17) is 11.6 Å². The zero-order valence-corrected chi connectivity index (χ0v) is 11.4. The molecule has 0 amide bonds. The van der Waals surface area contributed by atoms with Crippen molar-refractivity contribution in [3.63, 3.8) is 0 Å². The average Bonchev–Trinajstić information content (AvgIpc) is 2.79. The first-order chi connectivity index (χ1) is 9.20. The fraction of sp³-hybridized carbons (Fsp3) is 0.231. The third-order valence-electron chi connectivity index (χ3n) is 2.94. The number of rotatable bonds is 2. The second-order valence-electron chi connectivity index (χ2n) is 4.16. The summed E-state index contributed by atoms with van der Waals surface area (Å²) in [5, 5.41) is 0.603. The molecule has 0 radical (unpaired) electrons. The van der Waals surface area contributed by atoms with Gasteiger partial charge in [0, 0.05) is 25.1 Å². The van der Waals surface area contributed by atoms with Gasteiger partial charge in [-0.2, -0.15) is 0 Å². The summed E-state index contributed by atoms with van der Waals surface area (Å²) in [6.07, 6.45) is 5.22. The van der Waals surface area contributed by atoms with Crippen LogP contribution in [0.2, 0.25) is 5.02 Å². The van der Waals surface area contributed by atoms with Gasteiger partial charge in [0.05, 0.1) is 10.6 Å². The van der Waals surface area contributed by atoms with E-state index in [0.717, 1.165) is 29.4 Å². The van der Waals surface area contributed by atoms with Crippen LogP contribution in [0.4, 0.5) is 0 Å². The van der Waals surface area contributed by atoms with Gasteiger partial charge < -0.3 is 4.57 Å². The van der Waals surface area contributed by atoms with Gasteiger partial charge in [0.15, 0.2) is 5.65 Å². The lowest BCUT2D eigenvalue weighted by Crippen LogP contribution is -1.99. The van der Waals surface area contributed by atoms with E-state index < -0.39 is 0 Å². The summed E-state index contributed by atoms with van der Waals surface area (Å²) >= 11 is 6.16. The van der Waals surface area contributed by atoms with Crippen molar-refractivity contribution >= 4 is 22.8 Å². The van der Waals surface area contributed by atoms with Crippen molar-refractivity contribution in [2.24, 2.45) is 0 Å². The Morgan fingerprint density at radius 3 is 2.63 bits per heavy atom. The summed E-state index contributed by atoms with van der Waals surface area (Å²) in [6, 6.07) is 1.74. The van der Waals surface area contributed by atoms with Gasteiger partial charge in [-0.1, -0.05) is 11.6 Å². The molecule has 0 unspecified atom stereocenters. The second kappa shape index (κ2) is 4.59. The largest absolute Gasteiger partial charge is 0.309 e. The highest BCUT2D eigenvalue weighted by Crippen LogP contribution is 2.26. The van der Waals surface area contributed by atoms with Gasteiger partial charge >= 0.3 is 0 Å². The molecule has 19 heavy (non-hydrogen) atoms. The minimum Gasteiger partial charge on any atom is -0.309 e. The van der Waals surface area contributed by atoms with Crippen LogP contribution in [0.15, 0.2) is 24.7 Å². The second-order valence-corrected chi connectivity index (χ2v) is 4.57. The number of aryl methyl sites for hydroxylation is 2. The molecular formula is C13H12ClN5. The molecule has 3 heterocycles. The topological polar surface area (TPSA) is 56.5 Å². The van der Waals surface area contributed by atoms with E-state index in [1.54, 1.807) is 24.7 Å². The fourth-order valence-electron chi connectivity index (χ4n) is 2.02. The minimum atomic E-state index is 0.603. The highest BCUT2D eigenvalue weighted by Gasteiger charge is 2.14. The van der Waals surface area contributed by atoms with Crippen LogP contribution in [0.3, 0.4) is 0 Å². The van der Waals surface area contributed by atoms with Crippen molar-refractivity contribution in [2.45, 2.75) is 20.4 Å². The molecule has 6 heteroatoms. The van der Waals surface area contributed by atoms with Gasteiger partial charge in [0.25, 0.3) is 0 Å². The number of hydrogen-bond acceptors (Lipinski definition) is 4. The number of pyridine rings is 1. The van der Waals surface area contributed by atoms with Crippen LogP contribution in [0.1, 0.15) is 12.7 Å². The fourth-order valence-corrected chi connectivity index (χ4v) is 2.20. The van der Waals surface area contributed by atoms with E-state index in [-0.39, 0.29) is 0 Å². The number of nitrogens with zero attached hydrogens (tertiary/aromatic N) is 5. The first kappa shape index (κ1) is 12.0. The van der Waals surface area contributed by atoms with E-state index in [9.17, 15) is 0 Å². The maximum absolute atomic E-state index is 6.16. The molecule has 0 aliphatic heterocycles. The number of hydrogen-bond donors (Lipinski definition) is 0. The molecule has 0 atom stereocenters. The van der Waals surface area contributed by atoms with E-state index in [0.29, 0.717) is 10.5 Å². The lowest BCUT2D eigenvalue weighted by atomic mass is 10.3. The monoisotopic (exact) mass is 273 g/mol. The number of aromatic nitrogens is 5. The Labute approximate surface area is 115 Å². The maximum Gasteiger partial charge on any atom is 0.161 e. The number of fused-ring (bicyclic) bond motifs is 1. The summed E-state index contributed by atoms with van der Waals surface area (Å²) < 4.78 is 2.01. The Balaban J connectivity index is 2.29. The first-order valence-corrected chi connectivity index (χ1v) is 6.38. The molecule has 0 fully saturated rings. The van der Waals surface area contributed by atoms with Crippen LogP contribution >= 0.6 is 11.6 Å². The molecule has 0 aliphatic rings. The van der Waals surface area contributed by atoms with Crippen LogP contribution < -0.4 is 0 Å². The summed E-state index contributed by atoms with van der Waals surface area (Å²) in [5.41, 5.74) is 2.36. The third kappa shape index (κ3) is 1.96. The molecule has 0 aromatic carbocycles. The molecule has 5 nitrogen and oxygen atoms in total. The maximum atomic E-state index is 6.16. The summed E-state index contributed by atoms with van der Waals surface area (Å²) in [5.74, 6) is 1.53. The minimum absolute atomic E-state index is 0.603. The van der Waals surface area contributed by atoms with Crippen molar-refractivity contribution < 1.29 is 0 Å². The van der Waals surface area contributed by atoms with Crippen molar-refractivity contribution in [1.82, 2.24) is 24.5 Å². The smallest absolute Gasteiger partial charge is 0.161 e. The molecule has 96 valence electrons. The Morgan fingerprint density at radius 1 is 1.21 bits per heavy atom. The molecular weight excluding hydrogens is 262 g/mol. The van der Waals surface area contributed by atoms with Crippen LogP contribution in [0, 0.1) is 6.92 Å². The predicted molar refractivity (Wildman–Crippen MR) is 74.0 cm³/mol. The average molecular weight is 274 g/mol. The molecule has 0 spiro atoms. The van der Waals surface area contributed by atoms with Gasteiger partial charge in [-0.15, -0.1) is 0 Å². The number of halogens is 1. The SMILES string of the molecule is CCn1c(-c2cnc(C)nc2)nc2c(Cl)ccnc21. The molecule has 0 bridgehead atoms. The molecule has 0 N–H and O–H groups in total. The zero-order chi connectivity index (χ0) is 13.4. The molecule has 0 aliphatic carbocycles. The highest BCUT2D eigenvalue weighted by atomic mass is 35.5. The van der Waals surface area contributed by atoms with E-state index >= 15 is 0 Å². The van der Waals surface area contributed by atoms with Crippen molar-refractivity contribution in [2.75, 3.05) is 0 Å². The summed E-state index contributed by atoms with van der Waals surface area (Å²) in [4.78, 5) is 17.3. The Bertz CT molecular complexity index is 733. The third-order valence-corrected chi connectivity index (χ3v) is 3.25. The molecule has 3 aromatic heterocycles. The first-order valence-electron chi connectivity index (χ1n) is 6.00. The Hall–Kier alpha value is -2.01. The Morgan fingerprint density at radius 2 is 1.95 bits per heavy atom. The molecule has 3 rings (SSSR count). The van der Waals surface area contributed by atoms with E-state index in [2.05, 4.69) is 19.9 Å². The standard InChI is InChI=1S/C13H12ClN5/c1-3-19-12(9-6-16-8(2)17-7-9)18-11-10(14)4-5-15-13(11)19/h4-7H,3H2,1-2H3. The van der Waals surface area contributed by atoms with Crippen molar-refractivity contribution in [1.29, 1.82) is 0 Å². The van der Waals surface area contributed by atoms with E-state index in [1.807, 2.05) is 18.4 Å². The highest BCUT2D eigenvalue weighted by molar-refractivity contribution is 6.34. The van der Waals surface area contributed by atoms with Crippen molar-refractivity contribution in [3.8, 4) is 11.4 Å². The van der Waals surface area contributed by atoms with Gasteiger partial charge in [0.1, 0.15) is 17.2 Å². The van der Waals surface area contributed by atoms with Gasteiger partial charge in [-0.3, -0.25) is 0 Å². The van der Waals surface area contributed by atoms with Crippen LogP contribution in [0.5, 0.6) is 0 Å². The van der Waals surface area contributed by atoms with Crippen LogP contribution in [-0.2, 0) is 6.54 Å². The quantitative estimate of drug-likeness (QED) is 0.720. The summed E-state index contributed by atoms with van der Waals surface area (Å²) in [7, 11) is 0. The molecule has 0 saturated heterocycles. The van der Waals surface area contributed by atoms with Crippen LogP contribution in [0.25, 0.3) is 22.6 Å². The number of imidazole rings is 1. The van der Waals surface area contributed by atoms with Crippen LogP contribution in [-0.4, -0.2) is 24.5 Å². The van der Waals surface area contributed by atoms with Crippen molar-refractivity contribution in [3.05, 3.63) is 35.5 Å². The van der Waals surface area contributed by atoms with Gasteiger partial charge in [-0.05, 0) is 19.9 Å². The predicted octanol–water partition coefficient (Wildman–Crippen LogP) is 2.87.